The fourth-order valence-corrected chi connectivity index (χ4v) is 5.91. The molecule has 44 heavy (non-hydrogen) atoms. The molecule has 7 aromatic carbocycles. The third-order valence-electron chi connectivity index (χ3n) is 8.14. The minimum absolute atomic E-state index is 0.651. The van der Waals surface area contributed by atoms with E-state index in [0.717, 1.165) is 27.6 Å². The van der Waals surface area contributed by atoms with Gasteiger partial charge in [0.2, 0.25) is 0 Å². The molecule has 3 nitrogen and oxygen atoms in total. The van der Waals surface area contributed by atoms with Gasteiger partial charge in [-0.2, -0.15) is 0 Å². The second kappa shape index (κ2) is 11.0. The van der Waals surface area contributed by atoms with E-state index in [0.29, 0.717) is 17.5 Å². The molecule has 0 bridgehead atoms. The highest BCUT2D eigenvalue weighted by atomic mass is 15.0. The standard InChI is InChI=1S/C41H27N3/c1-3-11-28(12-4-1)29-21-23-32(24-22-29)40-42-39(31-14-5-2-6-15-31)43-41(44-40)34-25-26-36-33(27-34)17-10-20-38(36)37-19-9-16-30-13-7-8-18-35(30)37/h1-27H. The summed E-state index contributed by atoms with van der Waals surface area (Å²) in [4.78, 5) is 14.9. The number of rotatable bonds is 5. The van der Waals surface area contributed by atoms with Crippen molar-refractivity contribution in [2.24, 2.45) is 0 Å². The number of hydrogen-bond acceptors (Lipinski definition) is 3. The lowest BCUT2D eigenvalue weighted by molar-refractivity contribution is 1.07. The molecule has 0 N–H and O–H groups in total. The van der Waals surface area contributed by atoms with Gasteiger partial charge in [-0.25, -0.2) is 15.0 Å². The predicted octanol–water partition coefficient (Wildman–Crippen LogP) is 10.5. The average Bonchev–Trinajstić information content (AvgIpc) is 3.11. The minimum Gasteiger partial charge on any atom is -0.208 e. The maximum Gasteiger partial charge on any atom is 0.164 e. The zero-order chi connectivity index (χ0) is 29.3. The fraction of sp³-hybridized carbons (Fsp3) is 0. The first-order valence-electron chi connectivity index (χ1n) is 14.8. The van der Waals surface area contributed by atoms with Gasteiger partial charge < -0.3 is 0 Å². The Bertz CT molecular complexity index is 2250. The molecule has 1 aromatic heterocycles. The molecule has 1 heterocycles. The number of nitrogens with zero attached hydrogens (tertiary/aromatic N) is 3. The Kier molecular flexibility index (Phi) is 6.47. The maximum atomic E-state index is 5.01. The second-order valence-electron chi connectivity index (χ2n) is 10.9. The lowest BCUT2D eigenvalue weighted by Crippen LogP contribution is -2.00. The van der Waals surface area contributed by atoms with Gasteiger partial charge in [-0.3, -0.25) is 0 Å². The van der Waals surface area contributed by atoms with E-state index in [-0.39, 0.29) is 0 Å². The van der Waals surface area contributed by atoms with Crippen molar-refractivity contribution in [3.8, 4) is 56.4 Å². The first kappa shape index (κ1) is 25.8. The maximum absolute atomic E-state index is 5.01. The van der Waals surface area contributed by atoms with Crippen LogP contribution in [0, 0.1) is 0 Å². The van der Waals surface area contributed by atoms with Crippen LogP contribution in [0.15, 0.2) is 164 Å². The molecule has 0 saturated heterocycles. The summed E-state index contributed by atoms with van der Waals surface area (Å²) in [5.41, 5.74) is 7.64. The summed E-state index contributed by atoms with van der Waals surface area (Å²) in [6.45, 7) is 0. The van der Waals surface area contributed by atoms with E-state index in [2.05, 4.69) is 127 Å². The summed E-state index contributed by atoms with van der Waals surface area (Å²) in [6.07, 6.45) is 0. The van der Waals surface area contributed by atoms with Gasteiger partial charge in [0, 0.05) is 16.7 Å². The lowest BCUT2D eigenvalue weighted by Gasteiger charge is -2.12. The van der Waals surface area contributed by atoms with Crippen LogP contribution in [0.5, 0.6) is 0 Å². The summed E-state index contributed by atoms with van der Waals surface area (Å²) in [5.74, 6) is 1.96. The number of aromatic nitrogens is 3. The Hall–Kier alpha value is -5.93. The predicted molar refractivity (Wildman–Crippen MR) is 182 cm³/mol. The molecule has 3 heteroatoms. The normalized spacial score (nSPS) is 11.2. The topological polar surface area (TPSA) is 38.7 Å². The van der Waals surface area contributed by atoms with Crippen LogP contribution in [0.4, 0.5) is 0 Å². The van der Waals surface area contributed by atoms with Crippen molar-refractivity contribution in [2.75, 3.05) is 0 Å². The van der Waals surface area contributed by atoms with E-state index in [4.69, 9.17) is 15.0 Å². The molecular weight excluding hydrogens is 534 g/mol. The molecule has 0 fully saturated rings. The molecule has 0 amide bonds. The molecular formula is C41H27N3. The van der Waals surface area contributed by atoms with Crippen LogP contribution < -0.4 is 0 Å². The van der Waals surface area contributed by atoms with Crippen LogP contribution in [0.25, 0.3) is 78.0 Å². The molecule has 0 atom stereocenters. The smallest absolute Gasteiger partial charge is 0.164 e. The van der Waals surface area contributed by atoms with E-state index in [9.17, 15) is 0 Å². The minimum atomic E-state index is 0.651. The van der Waals surface area contributed by atoms with Crippen LogP contribution in [0.3, 0.4) is 0 Å². The third kappa shape index (κ3) is 4.81. The summed E-state index contributed by atoms with van der Waals surface area (Å²) >= 11 is 0. The average molecular weight is 562 g/mol. The van der Waals surface area contributed by atoms with Crippen LogP contribution in [-0.2, 0) is 0 Å². The van der Waals surface area contributed by atoms with Crippen molar-refractivity contribution in [3.05, 3.63) is 164 Å². The van der Waals surface area contributed by atoms with E-state index in [1.165, 1.54) is 32.8 Å². The van der Waals surface area contributed by atoms with Crippen LogP contribution in [0.2, 0.25) is 0 Å². The highest BCUT2D eigenvalue weighted by Gasteiger charge is 2.14. The third-order valence-corrected chi connectivity index (χ3v) is 8.14. The van der Waals surface area contributed by atoms with Gasteiger partial charge in [-0.05, 0) is 49.9 Å². The van der Waals surface area contributed by atoms with Crippen LogP contribution in [0.1, 0.15) is 0 Å². The largest absolute Gasteiger partial charge is 0.208 e. The highest BCUT2D eigenvalue weighted by Crippen LogP contribution is 2.36. The highest BCUT2D eigenvalue weighted by molar-refractivity contribution is 6.06. The zero-order valence-corrected chi connectivity index (χ0v) is 23.9. The molecule has 0 aliphatic rings. The molecule has 0 saturated carbocycles. The number of hydrogen-bond donors (Lipinski definition) is 0. The van der Waals surface area contributed by atoms with Gasteiger partial charge >= 0.3 is 0 Å². The summed E-state index contributed by atoms with van der Waals surface area (Å²) in [6, 6.07) is 57.0. The molecule has 0 aliphatic heterocycles. The van der Waals surface area contributed by atoms with Crippen LogP contribution in [-0.4, -0.2) is 15.0 Å². The van der Waals surface area contributed by atoms with Gasteiger partial charge in [-0.1, -0.05) is 158 Å². The van der Waals surface area contributed by atoms with Crippen molar-refractivity contribution in [1.82, 2.24) is 15.0 Å². The molecule has 8 aromatic rings. The van der Waals surface area contributed by atoms with E-state index in [1.54, 1.807) is 0 Å². The molecule has 0 spiro atoms. The van der Waals surface area contributed by atoms with Gasteiger partial charge in [0.25, 0.3) is 0 Å². The van der Waals surface area contributed by atoms with E-state index in [1.807, 2.05) is 36.4 Å². The molecule has 0 radical (unpaired) electrons. The monoisotopic (exact) mass is 561 g/mol. The Labute approximate surface area is 256 Å². The van der Waals surface area contributed by atoms with Crippen molar-refractivity contribution in [2.45, 2.75) is 0 Å². The van der Waals surface area contributed by atoms with Crippen molar-refractivity contribution in [1.29, 1.82) is 0 Å². The van der Waals surface area contributed by atoms with Gasteiger partial charge in [-0.15, -0.1) is 0 Å². The molecule has 0 aliphatic carbocycles. The Balaban J connectivity index is 1.25. The lowest BCUT2D eigenvalue weighted by atomic mass is 9.93. The van der Waals surface area contributed by atoms with E-state index >= 15 is 0 Å². The summed E-state index contributed by atoms with van der Waals surface area (Å²) in [7, 11) is 0. The first-order valence-corrected chi connectivity index (χ1v) is 14.8. The number of fused-ring (bicyclic) bond motifs is 2. The number of benzene rings is 7. The van der Waals surface area contributed by atoms with E-state index < -0.39 is 0 Å². The molecule has 206 valence electrons. The van der Waals surface area contributed by atoms with Crippen LogP contribution >= 0.6 is 0 Å². The zero-order valence-electron chi connectivity index (χ0n) is 23.9. The first-order chi connectivity index (χ1) is 21.8. The van der Waals surface area contributed by atoms with Gasteiger partial charge in [0.15, 0.2) is 17.5 Å². The van der Waals surface area contributed by atoms with Gasteiger partial charge in [0.05, 0.1) is 0 Å². The Morgan fingerprint density at radius 3 is 1.39 bits per heavy atom. The Morgan fingerprint density at radius 2 is 0.705 bits per heavy atom. The second-order valence-corrected chi connectivity index (χ2v) is 10.9. The summed E-state index contributed by atoms with van der Waals surface area (Å²) in [5, 5.41) is 4.83. The van der Waals surface area contributed by atoms with Crippen molar-refractivity contribution in [3.63, 3.8) is 0 Å². The van der Waals surface area contributed by atoms with Crippen molar-refractivity contribution < 1.29 is 0 Å². The Morgan fingerprint density at radius 1 is 0.273 bits per heavy atom. The molecule has 8 rings (SSSR count). The molecule has 0 unspecified atom stereocenters. The van der Waals surface area contributed by atoms with Gasteiger partial charge in [0.1, 0.15) is 0 Å². The van der Waals surface area contributed by atoms with Crippen molar-refractivity contribution >= 4 is 21.5 Å². The quantitative estimate of drug-likeness (QED) is 0.210. The SMILES string of the molecule is c1ccc(-c2ccc(-c3nc(-c4ccccc4)nc(-c4ccc5c(-c6cccc7ccccc67)cccc5c4)n3)cc2)cc1. The summed E-state index contributed by atoms with van der Waals surface area (Å²) < 4.78 is 0. The fourth-order valence-electron chi connectivity index (χ4n) is 5.91.